The maximum atomic E-state index is 13.2. The molecule has 10 heteroatoms. The summed E-state index contributed by atoms with van der Waals surface area (Å²) < 4.78 is 20.1. The fourth-order valence-electron chi connectivity index (χ4n) is 4.69. The van der Waals surface area contributed by atoms with E-state index in [4.69, 9.17) is 17.0 Å². The first-order valence-electron chi connectivity index (χ1n) is 12.3. The molecule has 4 aromatic rings. The van der Waals surface area contributed by atoms with Crippen molar-refractivity contribution in [2.45, 2.75) is 18.5 Å². The predicted molar refractivity (Wildman–Crippen MR) is 149 cm³/mol. The Balaban J connectivity index is 1.43. The normalized spacial score (nSPS) is 16.6. The third-order valence-electron chi connectivity index (χ3n) is 6.56. The molecule has 3 heterocycles. The van der Waals surface area contributed by atoms with E-state index in [1.807, 2.05) is 58.1 Å². The van der Waals surface area contributed by atoms with Crippen molar-refractivity contribution in [1.82, 2.24) is 19.8 Å². The topological polar surface area (TPSA) is 88.5 Å². The monoisotopic (exact) mass is 543 g/mol. The van der Waals surface area contributed by atoms with Crippen molar-refractivity contribution in [2.75, 3.05) is 19.0 Å². The van der Waals surface area contributed by atoms with Crippen molar-refractivity contribution < 1.29 is 18.7 Å². The van der Waals surface area contributed by atoms with Gasteiger partial charge < -0.3 is 24.8 Å². The highest BCUT2D eigenvalue weighted by Gasteiger charge is 2.41. The Bertz CT molecular complexity index is 1480. The van der Waals surface area contributed by atoms with Crippen molar-refractivity contribution in [2.24, 2.45) is 0 Å². The van der Waals surface area contributed by atoms with E-state index in [-0.39, 0.29) is 30.2 Å². The SMILES string of the molecule is COC(=O)c1ccc(-n2cccc2[C@H]2[C@@H](c3ccccn3)NC(=S)N2CCC(=O)Nc2ccc(F)cc2)cc1. The fourth-order valence-corrected chi connectivity index (χ4v) is 5.02. The van der Waals surface area contributed by atoms with Crippen molar-refractivity contribution in [3.05, 3.63) is 114 Å². The highest BCUT2D eigenvalue weighted by atomic mass is 32.1. The van der Waals surface area contributed by atoms with E-state index in [1.54, 1.807) is 18.3 Å². The van der Waals surface area contributed by atoms with E-state index < -0.39 is 5.97 Å². The molecule has 2 aromatic heterocycles. The fraction of sp³-hybridized carbons (Fsp3) is 0.172. The number of rotatable bonds is 8. The quantitative estimate of drug-likeness (QED) is 0.244. The van der Waals surface area contributed by atoms with Crippen LogP contribution in [0.25, 0.3) is 5.69 Å². The molecule has 1 amide bonds. The van der Waals surface area contributed by atoms with E-state index in [0.29, 0.717) is 22.9 Å². The molecule has 2 aromatic carbocycles. The van der Waals surface area contributed by atoms with Crippen LogP contribution < -0.4 is 10.6 Å². The van der Waals surface area contributed by atoms with Crippen LogP contribution in [0.4, 0.5) is 10.1 Å². The second-order valence-electron chi connectivity index (χ2n) is 8.97. The molecule has 198 valence electrons. The van der Waals surface area contributed by atoms with Gasteiger partial charge >= 0.3 is 5.97 Å². The largest absolute Gasteiger partial charge is 0.465 e. The molecule has 0 saturated carbocycles. The zero-order chi connectivity index (χ0) is 27.4. The molecular formula is C29H26FN5O3S. The Hall–Kier alpha value is -4.57. The molecule has 8 nitrogen and oxygen atoms in total. The number of halogens is 1. The number of benzene rings is 2. The van der Waals surface area contributed by atoms with Gasteiger partial charge in [-0.2, -0.15) is 0 Å². The molecule has 2 atom stereocenters. The lowest BCUT2D eigenvalue weighted by Gasteiger charge is -2.29. The zero-order valence-electron chi connectivity index (χ0n) is 21.1. The molecule has 1 fully saturated rings. The Morgan fingerprint density at radius 2 is 1.82 bits per heavy atom. The number of thiocarbonyl (C=S) groups is 1. The number of anilines is 1. The number of nitrogens with zero attached hydrogens (tertiary/aromatic N) is 3. The standard InChI is InChI=1S/C29H26FN5O3S/c1-38-28(37)19-7-13-22(14-8-19)34-17-4-6-24(34)27-26(23-5-2-3-16-31-23)33-29(39)35(27)18-15-25(36)32-21-11-9-20(30)10-12-21/h2-14,16-17,26-27H,15,18H2,1H3,(H,32,36)(H,33,39)/t26-,27+/m1/s1. The van der Waals surface area contributed by atoms with Crippen LogP contribution in [-0.2, 0) is 9.53 Å². The summed E-state index contributed by atoms with van der Waals surface area (Å²) in [5.41, 5.74) is 3.59. The van der Waals surface area contributed by atoms with Crippen molar-refractivity contribution >= 4 is 34.9 Å². The van der Waals surface area contributed by atoms with Crippen LogP contribution in [0.5, 0.6) is 0 Å². The number of amides is 1. The highest BCUT2D eigenvalue weighted by molar-refractivity contribution is 7.80. The van der Waals surface area contributed by atoms with Crippen LogP contribution in [0.15, 0.2) is 91.3 Å². The molecule has 39 heavy (non-hydrogen) atoms. The van der Waals surface area contributed by atoms with Crippen LogP contribution in [0.3, 0.4) is 0 Å². The Labute approximate surface area is 230 Å². The molecule has 0 unspecified atom stereocenters. The summed E-state index contributed by atoms with van der Waals surface area (Å²) >= 11 is 5.74. The summed E-state index contributed by atoms with van der Waals surface area (Å²) in [5, 5.41) is 6.71. The van der Waals surface area contributed by atoms with Gasteiger partial charge in [0, 0.05) is 42.4 Å². The van der Waals surface area contributed by atoms with E-state index in [1.165, 1.54) is 31.4 Å². The third-order valence-corrected chi connectivity index (χ3v) is 6.91. The average Bonchev–Trinajstić information content (AvgIpc) is 3.57. The number of methoxy groups -OCH3 is 1. The van der Waals surface area contributed by atoms with Gasteiger partial charge in [-0.3, -0.25) is 9.78 Å². The molecular weight excluding hydrogens is 517 g/mol. The number of nitrogens with one attached hydrogen (secondary N) is 2. The molecule has 1 saturated heterocycles. The van der Waals surface area contributed by atoms with Gasteiger partial charge in [0.2, 0.25) is 5.91 Å². The van der Waals surface area contributed by atoms with Gasteiger partial charge in [0.25, 0.3) is 0 Å². The van der Waals surface area contributed by atoms with Crippen molar-refractivity contribution in [1.29, 1.82) is 0 Å². The minimum Gasteiger partial charge on any atom is -0.465 e. The van der Waals surface area contributed by atoms with Gasteiger partial charge in [-0.25, -0.2) is 9.18 Å². The second kappa shape index (κ2) is 11.4. The molecule has 0 radical (unpaired) electrons. The van der Waals surface area contributed by atoms with E-state index in [0.717, 1.165) is 17.1 Å². The summed E-state index contributed by atoms with van der Waals surface area (Å²) in [6, 6.07) is 21.9. The van der Waals surface area contributed by atoms with Crippen molar-refractivity contribution in [3.8, 4) is 5.69 Å². The lowest BCUT2D eigenvalue weighted by atomic mass is 10.0. The van der Waals surface area contributed by atoms with Gasteiger partial charge in [0.05, 0.1) is 30.5 Å². The summed E-state index contributed by atoms with van der Waals surface area (Å²) in [5.74, 6) is -0.981. The lowest BCUT2D eigenvalue weighted by molar-refractivity contribution is -0.116. The number of aromatic nitrogens is 2. The van der Waals surface area contributed by atoms with Gasteiger partial charge in [0.15, 0.2) is 5.11 Å². The minimum absolute atomic E-state index is 0.166. The van der Waals surface area contributed by atoms with Crippen molar-refractivity contribution in [3.63, 3.8) is 0 Å². The van der Waals surface area contributed by atoms with E-state index >= 15 is 0 Å². The summed E-state index contributed by atoms with van der Waals surface area (Å²) in [6.07, 6.45) is 3.85. The summed E-state index contributed by atoms with van der Waals surface area (Å²) in [6.45, 7) is 0.347. The van der Waals surface area contributed by atoms with Crippen LogP contribution in [0, 0.1) is 5.82 Å². The van der Waals surface area contributed by atoms with Crippen LogP contribution >= 0.6 is 12.2 Å². The summed E-state index contributed by atoms with van der Waals surface area (Å²) in [7, 11) is 1.35. The maximum Gasteiger partial charge on any atom is 0.337 e. The van der Waals surface area contributed by atoms with Gasteiger partial charge in [-0.15, -0.1) is 0 Å². The number of esters is 1. The number of hydrogen-bond acceptors (Lipinski definition) is 5. The van der Waals surface area contributed by atoms with Gasteiger partial charge in [-0.1, -0.05) is 6.07 Å². The molecule has 0 bridgehead atoms. The van der Waals surface area contributed by atoms with Crippen LogP contribution in [0.2, 0.25) is 0 Å². The number of hydrogen-bond donors (Lipinski definition) is 2. The second-order valence-corrected chi connectivity index (χ2v) is 9.35. The Morgan fingerprint density at radius 3 is 2.51 bits per heavy atom. The molecule has 5 rings (SSSR count). The van der Waals surface area contributed by atoms with E-state index in [2.05, 4.69) is 15.6 Å². The maximum absolute atomic E-state index is 13.2. The van der Waals surface area contributed by atoms with E-state index in [9.17, 15) is 14.0 Å². The molecule has 0 aliphatic carbocycles. The zero-order valence-corrected chi connectivity index (χ0v) is 21.9. The minimum atomic E-state index is -0.403. The van der Waals surface area contributed by atoms with Gasteiger partial charge in [0.1, 0.15) is 5.82 Å². The Morgan fingerprint density at radius 1 is 1.05 bits per heavy atom. The first-order valence-corrected chi connectivity index (χ1v) is 12.7. The molecule has 1 aliphatic rings. The molecule has 2 N–H and O–H groups in total. The third kappa shape index (κ3) is 5.65. The first kappa shape index (κ1) is 26.1. The lowest BCUT2D eigenvalue weighted by Crippen LogP contribution is -2.33. The average molecular weight is 544 g/mol. The van der Waals surface area contributed by atoms with Crippen LogP contribution in [-0.4, -0.2) is 45.1 Å². The Kier molecular flexibility index (Phi) is 7.64. The number of carbonyl (C=O) groups excluding carboxylic acids is 2. The molecule has 0 spiro atoms. The highest BCUT2D eigenvalue weighted by Crippen LogP contribution is 2.39. The smallest absolute Gasteiger partial charge is 0.337 e. The first-order chi connectivity index (χ1) is 18.9. The number of carbonyl (C=O) groups is 2. The predicted octanol–water partition coefficient (Wildman–Crippen LogP) is 4.80. The summed E-state index contributed by atoms with van der Waals surface area (Å²) in [4.78, 5) is 31.2. The number of pyridine rings is 1. The number of ether oxygens (including phenoxy) is 1. The van der Waals surface area contributed by atoms with Gasteiger partial charge in [-0.05, 0) is 85.0 Å². The molecule has 1 aliphatic heterocycles. The van der Waals surface area contributed by atoms with Crippen LogP contribution in [0.1, 0.15) is 40.3 Å².